The van der Waals surface area contributed by atoms with Crippen molar-refractivity contribution in [3.63, 3.8) is 0 Å². The Morgan fingerprint density at radius 2 is 1.91 bits per heavy atom. The zero-order valence-electron chi connectivity index (χ0n) is 11.7. The lowest BCUT2D eigenvalue weighted by Gasteiger charge is -2.01. The molecule has 1 aliphatic rings. The molecule has 0 atom stereocenters. The molecule has 0 fully saturated rings. The van der Waals surface area contributed by atoms with Crippen LogP contribution in [-0.2, 0) is 0 Å². The van der Waals surface area contributed by atoms with Gasteiger partial charge in [0.05, 0.1) is 0 Å². The van der Waals surface area contributed by atoms with E-state index < -0.39 is 0 Å². The summed E-state index contributed by atoms with van der Waals surface area (Å²) in [6.07, 6.45) is 5.18. The molecule has 0 spiro atoms. The lowest BCUT2D eigenvalue weighted by molar-refractivity contribution is 0.0954. The monoisotopic (exact) mass is 294 g/mol. The molecule has 0 radical (unpaired) electrons. The molecule has 5 nitrogen and oxygen atoms in total. The highest BCUT2D eigenvalue weighted by atomic mass is 16.7. The highest BCUT2D eigenvalue weighted by molar-refractivity contribution is 5.95. The van der Waals surface area contributed by atoms with E-state index in [0.717, 1.165) is 5.56 Å². The van der Waals surface area contributed by atoms with Crippen LogP contribution in [0.5, 0.6) is 11.5 Å². The number of benzene rings is 2. The molecule has 1 aliphatic heterocycles. The van der Waals surface area contributed by atoms with Gasteiger partial charge in [0.2, 0.25) is 6.79 Å². The number of nitrogens with zero attached hydrogens (tertiary/aromatic N) is 1. The molecule has 0 bridgehead atoms. The fraction of sp³-hybridized carbons (Fsp3) is 0.0588. The first-order valence-electron chi connectivity index (χ1n) is 6.78. The summed E-state index contributed by atoms with van der Waals surface area (Å²) < 4.78 is 10.4. The number of carbonyl (C=O) groups excluding carboxylic acids is 1. The van der Waals surface area contributed by atoms with Gasteiger partial charge in [0.25, 0.3) is 5.91 Å². The number of nitrogens with one attached hydrogen (secondary N) is 1. The minimum atomic E-state index is -0.303. The van der Waals surface area contributed by atoms with Crippen molar-refractivity contribution in [1.82, 2.24) is 5.43 Å². The van der Waals surface area contributed by atoms with Crippen LogP contribution in [0.25, 0.3) is 6.08 Å². The number of rotatable bonds is 4. The second-order valence-corrected chi connectivity index (χ2v) is 4.56. The van der Waals surface area contributed by atoms with Gasteiger partial charge in [-0.25, -0.2) is 5.43 Å². The molecule has 2 aromatic rings. The largest absolute Gasteiger partial charge is 0.454 e. The number of hydrogen-bond acceptors (Lipinski definition) is 4. The van der Waals surface area contributed by atoms with Gasteiger partial charge in [-0.2, -0.15) is 5.10 Å². The first-order valence-corrected chi connectivity index (χ1v) is 6.78. The Hall–Kier alpha value is -3.08. The highest BCUT2D eigenvalue weighted by Crippen LogP contribution is 2.32. The van der Waals surface area contributed by atoms with Crippen molar-refractivity contribution >= 4 is 18.2 Å². The first kappa shape index (κ1) is 13.9. The van der Waals surface area contributed by atoms with Crippen LogP contribution in [0.15, 0.2) is 59.7 Å². The molecule has 3 rings (SSSR count). The van der Waals surface area contributed by atoms with Crippen LogP contribution in [0, 0.1) is 0 Å². The van der Waals surface area contributed by atoms with Crippen molar-refractivity contribution in [3.8, 4) is 11.5 Å². The predicted molar refractivity (Wildman–Crippen MR) is 84.0 cm³/mol. The molecule has 5 heteroatoms. The Balaban J connectivity index is 1.56. The normalized spacial score (nSPS) is 12.9. The van der Waals surface area contributed by atoms with Gasteiger partial charge in [-0.1, -0.05) is 36.4 Å². The van der Waals surface area contributed by atoms with Crippen LogP contribution in [0.4, 0.5) is 0 Å². The van der Waals surface area contributed by atoms with E-state index in [9.17, 15) is 4.79 Å². The van der Waals surface area contributed by atoms with Crippen LogP contribution in [-0.4, -0.2) is 18.9 Å². The van der Waals surface area contributed by atoms with Gasteiger partial charge in [0.15, 0.2) is 11.5 Å². The quantitative estimate of drug-likeness (QED) is 0.696. The topological polar surface area (TPSA) is 59.9 Å². The van der Waals surface area contributed by atoms with Gasteiger partial charge in [-0.3, -0.25) is 4.79 Å². The minimum Gasteiger partial charge on any atom is -0.454 e. The lowest BCUT2D eigenvalue weighted by atomic mass is 10.2. The standard InChI is InChI=1S/C17H14N2O3/c20-17(14-8-9-15-16(11-14)22-12-21-15)19-18-10-4-7-13-5-2-1-3-6-13/h1-11H,12H2,(H,19,20). The molecule has 0 aromatic heterocycles. The van der Waals surface area contributed by atoms with E-state index in [-0.39, 0.29) is 12.7 Å². The summed E-state index contributed by atoms with van der Waals surface area (Å²) >= 11 is 0. The smallest absolute Gasteiger partial charge is 0.271 e. The molecule has 0 aliphatic carbocycles. The van der Waals surface area contributed by atoms with Crippen molar-refractivity contribution in [1.29, 1.82) is 0 Å². The zero-order valence-corrected chi connectivity index (χ0v) is 11.7. The predicted octanol–water partition coefficient (Wildman–Crippen LogP) is 2.84. The van der Waals surface area contributed by atoms with Crippen molar-refractivity contribution in [2.24, 2.45) is 5.10 Å². The summed E-state index contributed by atoms with van der Waals surface area (Å²) in [6, 6.07) is 14.8. The van der Waals surface area contributed by atoms with Crippen molar-refractivity contribution < 1.29 is 14.3 Å². The SMILES string of the molecule is O=C(NN=CC=Cc1ccccc1)c1ccc2c(c1)OCO2. The second kappa shape index (κ2) is 6.58. The molecule has 0 saturated heterocycles. The number of hydrogen-bond donors (Lipinski definition) is 1. The van der Waals surface area contributed by atoms with Gasteiger partial charge in [0.1, 0.15) is 0 Å². The number of allylic oxidation sites excluding steroid dienone is 1. The molecular weight excluding hydrogens is 280 g/mol. The van der Waals surface area contributed by atoms with Gasteiger partial charge < -0.3 is 9.47 Å². The van der Waals surface area contributed by atoms with Crippen molar-refractivity contribution in [3.05, 3.63) is 65.7 Å². The molecule has 2 aromatic carbocycles. The van der Waals surface area contributed by atoms with E-state index in [1.165, 1.54) is 6.21 Å². The van der Waals surface area contributed by atoms with Crippen LogP contribution < -0.4 is 14.9 Å². The average molecular weight is 294 g/mol. The fourth-order valence-electron chi connectivity index (χ4n) is 1.96. The summed E-state index contributed by atoms with van der Waals surface area (Å²) in [5, 5.41) is 3.87. The molecule has 0 unspecified atom stereocenters. The Morgan fingerprint density at radius 3 is 2.77 bits per heavy atom. The van der Waals surface area contributed by atoms with E-state index in [4.69, 9.17) is 9.47 Å². The maximum Gasteiger partial charge on any atom is 0.271 e. The number of ether oxygens (including phenoxy) is 2. The van der Waals surface area contributed by atoms with E-state index in [1.807, 2.05) is 36.4 Å². The van der Waals surface area contributed by atoms with Gasteiger partial charge in [-0.15, -0.1) is 0 Å². The molecular formula is C17H14N2O3. The van der Waals surface area contributed by atoms with E-state index in [0.29, 0.717) is 17.1 Å². The third kappa shape index (κ3) is 3.32. The summed E-state index contributed by atoms with van der Waals surface area (Å²) in [6.45, 7) is 0.183. The zero-order chi connectivity index (χ0) is 15.2. The van der Waals surface area contributed by atoms with E-state index >= 15 is 0 Å². The van der Waals surface area contributed by atoms with E-state index in [2.05, 4.69) is 10.5 Å². The molecule has 1 N–H and O–H groups in total. The first-order chi connectivity index (χ1) is 10.8. The Bertz CT molecular complexity index is 724. The second-order valence-electron chi connectivity index (χ2n) is 4.56. The lowest BCUT2D eigenvalue weighted by Crippen LogP contribution is -2.17. The van der Waals surface area contributed by atoms with E-state index in [1.54, 1.807) is 24.3 Å². The average Bonchev–Trinajstić information content (AvgIpc) is 3.03. The molecule has 0 saturated carbocycles. The van der Waals surface area contributed by atoms with Crippen LogP contribution in [0.2, 0.25) is 0 Å². The highest BCUT2D eigenvalue weighted by Gasteiger charge is 2.15. The molecule has 1 heterocycles. The number of hydrazone groups is 1. The van der Waals surface area contributed by atoms with Crippen LogP contribution >= 0.6 is 0 Å². The van der Waals surface area contributed by atoms with Gasteiger partial charge in [-0.05, 0) is 29.8 Å². The Labute approximate surface area is 127 Å². The van der Waals surface area contributed by atoms with Crippen LogP contribution in [0.3, 0.4) is 0 Å². The van der Waals surface area contributed by atoms with Crippen LogP contribution in [0.1, 0.15) is 15.9 Å². The maximum absolute atomic E-state index is 11.9. The number of carbonyl (C=O) groups is 1. The summed E-state index contributed by atoms with van der Waals surface area (Å²) in [5.41, 5.74) is 3.99. The fourth-order valence-corrected chi connectivity index (χ4v) is 1.96. The van der Waals surface area contributed by atoms with Crippen molar-refractivity contribution in [2.75, 3.05) is 6.79 Å². The summed E-state index contributed by atoms with van der Waals surface area (Å²) in [7, 11) is 0. The molecule has 22 heavy (non-hydrogen) atoms. The Morgan fingerprint density at radius 1 is 1.09 bits per heavy atom. The summed E-state index contributed by atoms with van der Waals surface area (Å²) in [4.78, 5) is 11.9. The molecule has 1 amide bonds. The van der Waals surface area contributed by atoms with Crippen molar-refractivity contribution in [2.45, 2.75) is 0 Å². The van der Waals surface area contributed by atoms with Gasteiger partial charge >= 0.3 is 0 Å². The third-order valence-corrected chi connectivity index (χ3v) is 3.05. The number of amides is 1. The number of fused-ring (bicyclic) bond motifs is 1. The third-order valence-electron chi connectivity index (χ3n) is 3.05. The minimum absolute atomic E-state index is 0.183. The molecule has 110 valence electrons. The maximum atomic E-state index is 11.9. The summed E-state index contributed by atoms with van der Waals surface area (Å²) in [5.74, 6) is 0.911. The Kier molecular flexibility index (Phi) is 4.15. The van der Waals surface area contributed by atoms with Gasteiger partial charge in [0, 0.05) is 11.8 Å².